The first kappa shape index (κ1) is 20.1. The van der Waals surface area contributed by atoms with Crippen molar-refractivity contribution in [1.29, 1.82) is 0 Å². The number of nitrogens with one attached hydrogen (secondary N) is 1. The van der Waals surface area contributed by atoms with Crippen molar-refractivity contribution in [2.45, 2.75) is 16.5 Å². The topological polar surface area (TPSA) is 72.2 Å². The Balaban J connectivity index is 1.77. The van der Waals surface area contributed by atoms with Gasteiger partial charge in [-0.2, -0.15) is 4.98 Å². The van der Waals surface area contributed by atoms with Crippen molar-refractivity contribution in [1.82, 2.24) is 4.98 Å². The van der Waals surface area contributed by atoms with Gasteiger partial charge in [-0.15, -0.1) is 0 Å². The minimum Gasteiger partial charge on any atom is -0.419 e. The quantitative estimate of drug-likeness (QED) is 0.422. The average Bonchev–Trinajstić information content (AvgIpc) is 3.19. The smallest absolute Gasteiger partial charge is 0.234 e. The predicted molar refractivity (Wildman–Crippen MR) is 113 cm³/mol. The van der Waals surface area contributed by atoms with Crippen LogP contribution in [0.1, 0.15) is 5.56 Å². The van der Waals surface area contributed by atoms with Crippen LogP contribution in [0.4, 0.5) is 10.3 Å². The van der Waals surface area contributed by atoms with Crippen molar-refractivity contribution in [3.05, 3.63) is 95.3 Å². The van der Waals surface area contributed by atoms with E-state index in [1.54, 1.807) is 48.5 Å². The van der Waals surface area contributed by atoms with E-state index in [-0.39, 0.29) is 33.8 Å². The molecule has 1 N–H and O–H groups in total. The zero-order valence-electron chi connectivity index (χ0n) is 15.5. The highest BCUT2D eigenvalue weighted by Crippen LogP contribution is 2.33. The highest BCUT2D eigenvalue weighted by atomic mass is 35.5. The van der Waals surface area contributed by atoms with Gasteiger partial charge in [-0.1, -0.05) is 54.1 Å². The van der Waals surface area contributed by atoms with Gasteiger partial charge >= 0.3 is 0 Å². The number of aromatic nitrogens is 1. The Labute approximate surface area is 178 Å². The summed E-state index contributed by atoms with van der Waals surface area (Å²) in [6, 6.07) is 20.8. The van der Waals surface area contributed by atoms with Crippen LogP contribution in [0.25, 0.3) is 11.5 Å². The summed E-state index contributed by atoms with van der Waals surface area (Å²) in [4.78, 5) is 4.20. The van der Waals surface area contributed by atoms with Crippen LogP contribution in [0.2, 0.25) is 5.02 Å². The monoisotopic (exact) mass is 442 g/mol. The van der Waals surface area contributed by atoms with Gasteiger partial charge in [0.1, 0.15) is 5.82 Å². The SMILES string of the molecule is O=S(=O)(c1ccccc1)c1nc(-c2ccccc2F)oc1NCc1ccc(Cl)cc1. The molecule has 4 rings (SSSR count). The molecule has 0 bridgehead atoms. The number of sulfone groups is 1. The number of oxazole rings is 1. The summed E-state index contributed by atoms with van der Waals surface area (Å²) < 4.78 is 46.2. The second-order valence-corrected chi connectivity index (χ2v) is 8.73. The number of hydrogen-bond donors (Lipinski definition) is 1. The largest absolute Gasteiger partial charge is 0.419 e. The van der Waals surface area contributed by atoms with E-state index < -0.39 is 15.7 Å². The molecule has 0 unspecified atom stereocenters. The van der Waals surface area contributed by atoms with Gasteiger partial charge in [0.2, 0.25) is 26.6 Å². The van der Waals surface area contributed by atoms with E-state index in [0.717, 1.165) is 5.56 Å². The molecule has 0 aliphatic heterocycles. The van der Waals surface area contributed by atoms with Crippen LogP contribution < -0.4 is 5.32 Å². The molecule has 30 heavy (non-hydrogen) atoms. The lowest BCUT2D eigenvalue weighted by atomic mass is 10.2. The number of anilines is 1. The van der Waals surface area contributed by atoms with Crippen molar-refractivity contribution in [2.24, 2.45) is 0 Å². The summed E-state index contributed by atoms with van der Waals surface area (Å²) in [6.07, 6.45) is 0. The highest BCUT2D eigenvalue weighted by Gasteiger charge is 2.29. The molecule has 3 aromatic carbocycles. The summed E-state index contributed by atoms with van der Waals surface area (Å²) in [5.74, 6) is -0.750. The van der Waals surface area contributed by atoms with Crippen LogP contribution in [0.15, 0.2) is 93.2 Å². The van der Waals surface area contributed by atoms with Gasteiger partial charge in [-0.05, 0) is 42.0 Å². The maximum absolute atomic E-state index is 14.2. The Morgan fingerprint density at radius 3 is 2.30 bits per heavy atom. The molecule has 0 aliphatic rings. The van der Waals surface area contributed by atoms with E-state index in [1.807, 2.05) is 0 Å². The normalized spacial score (nSPS) is 11.4. The molecule has 0 atom stereocenters. The summed E-state index contributed by atoms with van der Waals surface area (Å²) >= 11 is 5.90. The van der Waals surface area contributed by atoms with E-state index in [2.05, 4.69) is 10.3 Å². The Hall–Kier alpha value is -3.16. The molecule has 4 aromatic rings. The zero-order valence-corrected chi connectivity index (χ0v) is 17.1. The van der Waals surface area contributed by atoms with Crippen LogP contribution in [0.3, 0.4) is 0 Å². The third-order valence-corrected chi connectivity index (χ3v) is 6.31. The van der Waals surface area contributed by atoms with E-state index in [9.17, 15) is 12.8 Å². The number of rotatable bonds is 6. The minimum absolute atomic E-state index is 0.0629. The molecule has 5 nitrogen and oxygen atoms in total. The number of benzene rings is 3. The van der Waals surface area contributed by atoms with Gasteiger partial charge in [0.25, 0.3) is 0 Å². The summed E-state index contributed by atoms with van der Waals surface area (Å²) in [7, 11) is -3.99. The van der Waals surface area contributed by atoms with E-state index in [1.165, 1.54) is 30.3 Å². The van der Waals surface area contributed by atoms with Crippen LogP contribution >= 0.6 is 11.6 Å². The third kappa shape index (κ3) is 4.08. The van der Waals surface area contributed by atoms with Gasteiger partial charge in [-0.3, -0.25) is 0 Å². The second kappa shape index (κ2) is 8.30. The lowest BCUT2D eigenvalue weighted by Gasteiger charge is -2.06. The molecule has 0 saturated carbocycles. The fourth-order valence-electron chi connectivity index (χ4n) is 2.85. The lowest BCUT2D eigenvalue weighted by molar-refractivity contribution is 0.567. The number of nitrogens with zero attached hydrogens (tertiary/aromatic N) is 1. The fourth-order valence-corrected chi connectivity index (χ4v) is 4.27. The van der Waals surface area contributed by atoms with Crippen LogP contribution in [-0.2, 0) is 16.4 Å². The first-order chi connectivity index (χ1) is 14.4. The molecule has 0 aliphatic carbocycles. The molecule has 0 saturated heterocycles. The molecule has 1 heterocycles. The van der Waals surface area contributed by atoms with Crippen molar-refractivity contribution in [2.75, 3.05) is 5.32 Å². The Bertz CT molecular complexity index is 1270. The predicted octanol–water partition coefficient (Wildman–Crippen LogP) is 5.58. The molecular weight excluding hydrogens is 427 g/mol. The molecule has 1 aromatic heterocycles. The van der Waals surface area contributed by atoms with Gasteiger partial charge < -0.3 is 9.73 Å². The molecule has 8 heteroatoms. The molecule has 0 radical (unpaired) electrons. The van der Waals surface area contributed by atoms with Crippen LogP contribution in [0, 0.1) is 5.82 Å². The fraction of sp³-hybridized carbons (Fsp3) is 0.0455. The Morgan fingerprint density at radius 2 is 1.60 bits per heavy atom. The van der Waals surface area contributed by atoms with Gasteiger partial charge in [0, 0.05) is 11.6 Å². The maximum atomic E-state index is 14.2. The summed E-state index contributed by atoms with van der Waals surface area (Å²) in [5, 5.41) is 3.25. The van der Waals surface area contributed by atoms with Gasteiger partial charge in [0.15, 0.2) is 0 Å². The maximum Gasteiger partial charge on any atom is 0.234 e. The Kier molecular flexibility index (Phi) is 5.57. The van der Waals surface area contributed by atoms with Crippen molar-refractivity contribution < 1.29 is 17.2 Å². The third-order valence-electron chi connectivity index (χ3n) is 4.37. The lowest BCUT2D eigenvalue weighted by Crippen LogP contribution is -2.07. The zero-order chi connectivity index (χ0) is 21.1. The van der Waals surface area contributed by atoms with E-state index in [0.29, 0.717) is 5.02 Å². The van der Waals surface area contributed by atoms with Crippen LogP contribution in [0.5, 0.6) is 0 Å². The summed E-state index contributed by atoms with van der Waals surface area (Å²) in [6.45, 7) is 0.264. The standard InChI is InChI=1S/C22H16ClFN2O3S/c23-16-12-10-15(11-13-16)14-25-21-22(30(27,28)17-6-2-1-3-7-17)26-20(29-21)18-8-4-5-9-19(18)24/h1-13,25H,14H2. The average molecular weight is 443 g/mol. The van der Waals surface area contributed by atoms with Crippen LogP contribution in [-0.4, -0.2) is 13.4 Å². The highest BCUT2D eigenvalue weighted by molar-refractivity contribution is 7.91. The molecule has 152 valence electrons. The van der Waals surface area contributed by atoms with E-state index >= 15 is 0 Å². The second-order valence-electron chi connectivity index (χ2n) is 6.43. The van der Waals surface area contributed by atoms with Gasteiger partial charge in [0.05, 0.1) is 10.5 Å². The Morgan fingerprint density at radius 1 is 0.933 bits per heavy atom. The number of hydrogen-bond acceptors (Lipinski definition) is 5. The summed E-state index contributed by atoms with van der Waals surface area (Å²) in [5.41, 5.74) is 0.924. The molecule has 0 spiro atoms. The minimum atomic E-state index is -3.99. The first-order valence-electron chi connectivity index (χ1n) is 8.99. The van der Waals surface area contributed by atoms with E-state index in [4.69, 9.17) is 16.0 Å². The molecular formula is C22H16ClFN2O3S. The van der Waals surface area contributed by atoms with Gasteiger partial charge in [-0.25, -0.2) is 12.8 Å². The van der Waals surface area contributed by atoms with Crippen molar-refractivity contribution in [3.63, 3.8) is 0 Å². The number of halogens is 2. The molecule has 0 fully saturated rings. The molecule has 0 amide bonds. The van der Waals surface area contributed by atoms with Crippen molar-refractivity contribution in [3.8, 4) is 11.5 Å². The van der Waals surface area contributed by atoms with Crippen molar-refractivity contribution >= 4 is 27.3 Å². The first-order valence-corrected chi connectivity index (χ1v) is 10.9.